The molecule has 0 radical (unpaired) electrons. The summed E-state index contributed by atoms with van der Waals surface area (Å²) in [5, 5.41) is 9.26. The number of sulfonamides is 1. The second-order valence-electron chi connectivity index (χ2n) is 5.39. The van der Waals surface area contributed by atoms with Crippen LogP contribution in [0.1, 0.15) is 5.56 Å². The Hall–Kier alpha value is -1.55. The van der Waals surface area contributed by atoms with Gasteiger partial charge in [-0.3, -0.25) is 9.69 Å². The van der Waals surface area contributed by atoms with Crippen LogP contribution in [0.25, 0.3) is 0 Å². The molecule has 1 aromatic carbocycles. The van der Waals surface area contributed by atoms with Crippen molar-refractivity contribution in [3.63, 3.8) is 0 Å². The Morgan fingerprint density at radius 1 is 1.39 bits per heavy atom. The average Bonchev–Trinajstić information content (AvgIpc) is 2.46. The molecule has 1 unspecified atom stereocenters. The first-order valence-corrected chi connectivity index (χ1v) is 8.59. The molecule has 23 heavy (non-hydrogen) atoms. The highest BCUT2D eigenvalue weighted by molar-refractivity contribution is 7.89. The fourth-order valence-corrected chi connectivity index (χ4v) is 3.62. The lowest BCUT2D eigenvalue weighted by Crippen LogP contribution is -2.50. The Morgan fingerprint density at radius 2 is 2.04 bits per heavy atom. The highest BCUT2D eigenvalue weighted by atomic mass is 32.2. The number of halogens is 1. The van der Waals surface area contributed by atoms with Gasteiger partial charge in [-0.1, -0.05) is 0 Å². The fourth-order valence-electron chi connectivity index (χ4n) is 2.32. The predicted octanol–water partition coefficient (Wildman–Crippen LogP) is 0.198. The molecule has 1 aliphatic rings. The highest BCUT2D eigenvalue weighted by Crippen LogP contribution is 2.14. The van der Waals surface area contributed by atoms with Gasteiger partial charge in [-0.25, -0.2) is 12.8 Å². The lowest BCUT2D eigenvalue weighted by molar-refractivity contribution is -0.139. The molecule has 1 aromatic rings. The van der Waals surface area contributed by atoms with Crippen molar-refractivity contribution in [2.24, 2.45) is 0 Å². The average molecular weight is 346 g/mol. The minimum atomic E-state index is -4.13. The number of aliphatic carboxylic acids is 1. The first-order valence-electron chi connectivity index (χ1n) is 7.10. The number of rotatable bonds is 6. The van der Waals surface area contributed by atoms with E-state index in [1.807, 2.05) is 4.90 Å². The summed E-state index contributed by atoms with van der Waals surface area (Å²) >= 11 is 0. The zero-order valence-electron chi connectivity index (χ0n) is 12.7. The van der Waals surface area contributed by atoms with E-state index in [0.717, 1.165) is 6.07 Å². The molecule has 1 atom stereocenters. The lowest BCUT2D eigenvalue weighted by Gasteiger charge is -2.29. The van der Waals surface area contributed by atoms with E-state index in [2.05, 4.69) is 4.72 Å². The summed E-state index contributed by atoms with van der Waals surface area (Å²) in [5.74, 6) is -1.97. The molecule has 1 aliphatic heterocycles. The van der Waals surface area contributed by atoms with Gasteiger partial charge in [0.15, 0.2) is 0 Å². The Morgan fingerprint density at radius 3 is 2.61 bits per heavy atom. The van der Waals surface area contributed by atoms with Crippen LogP contribution >= 0.6 is 0 Å². The number of hydrogen-bond acceptors (Lipinski definition) is 5. The molecule has 0 spiro atoms. The van der Waals surface area contributed by atoms with Crippen molar-refractivity contribution in [3.05, 3.63) is 29.6 Å². The summed E-state index contributed by atoms with van der Waals surface area (Å²) in [4.78, 5) is 12.9. The van der Waals surface area contributed by atoms with Gasteiger partial charge >= 0.3 is 5.97 Å². The van der Waals surface area contributed by atoms with Crippen molar-refractivity contribution in [1.82, 2.24) is 9.62 Å². The van der Waals surface area contributed by atoms with Crippen LogP contribution in [0.15, 0.2) is 23.1 Å². The zero-order chi connectivity index (χ0) is 17.0. The van der Waals surface area contributed by atoms with E-state index in [0.29, 0.717) is 31.9 Å². The van der Waals surface area contributed by atoms with E-state index in [4.69, 9.17) is 4.74 Å². The molecular formula is C14H19FN2O5S. The van der Waals surface area contributed by atoms with E-state index >= 15 is 0 Å². The number of carboxylic acids is 1. The molecule has 0 aliphatic carbocycles. The number of nitrogens with zero attached hydrogens (tertiary/aromatic N) is 1. The quantitative estimate of drug-likeness (QED) is 0.764. The third-order valence-corrected chi connectivity index (χ3v) is 4.92. The third-order valence-electron chi connectivity index (χ3n) is 3.47. The minimum absolute atomic E-state index is 0.0201. The van der Waals surface area contributed by atoms with Crippen LogP contribution in [0.5, 0.6) is 0 Å². The second kappa shape index (κ2) is 7.35. The van der Waals surface area contributed by atoms with Gasteiger partial charge < -0.3 is 9.84 Å². The number of carbonyl (C=O) groups is 1. The van der Waals surface area contributed by atoms with Gasteiger partial charge in [-0.2, -0.15) is 4.72 Å². The van der Waals surface area contributed by atoms with Crippen LogP contribution in [0.2, 0.25) is 0 Å². The molecule has 0 bridgehead atoms. The van der Waals surface area contributed by atoms with Crippen molar-refractivity contribution in [2.75, 3.05) is 32.8 Å². The smallest absolute Gasteiger partial charge is 0.323 e. The van der Waals surface area contributed by atoms with Gasteiger partial charge in [0.25, 0.3) is 0 Å². The summed E-state index contributed by atoms with van der Waals surface area (Å²) in [7, 11) is -4.13. The van der Waals surface area contributed by atoms with Crippen molar-refractivity contribution < 1.29 is 27.4 Å². The Kier molecular flexibility index (Phi) is 5.69. The van der Waals surface area contributed by atoms with Gasteiger partial charge in [0.05, 0.1) is 18.1 Å². The summed E-state index contributed by atoms with van der Waals surface area (Å²) < 4.78 is 45.3. The number of benzene rings is 1. The first kappa shape index (κ1) is 17.8. The molecule has 0 amide bonds. The molecule has 0 saturated carbocycles. The molecule has 128 valence electrons. The van der Waals surface area contributed by atoms with Crippen LogP contribution in [0.3, 0.4) is 0 Å². The molecule has 1 heterocycles. The van der Waals surface area contributed by atoms with Crippen LogP contribution in [0.4, 0.5) is 4.39 Å². The molecule has 2 rings (SSSR count). The third kappa shape index (κ3) is 4.96. The molecule has 7 nitrogen and oxygen atoms in total. The van der Waals surface area contributed by atoms with Crippen LogP contribution in [-0.2, 0) is 19.6 Å². The fraction of sp³-hybridized carbons (Fsp3) is 0.500. The number of hydrogen-bond donors (Lipinski definition) is 2. The van der Waals surface area contributed by atoms with E-state index in [1.54, 1.807) is 6.92 Å². The standard InChI is InChI=1S/C14H19FN2O5S/c1-10-6-11(15)8-12(7-10)23(20,21)16-13(14(18)19)9-17-2-4-22-5-3-17/h6-8,13,16H,2-5,9H2,1H3,(H,18,19). The molecule has 1 fully saturated rings. The minimum Gasteiger partial charge on any atom is -0.480 e. The van der Waals surface area contributed by atoms with Gasteiger partial charge in [0.2, 0.25) is 10.0 Å². The van der Waals surface area contributed by atoms with Gasteiger partial charge in [0.1, 0.15) is 11.9 Å². The SMILES string of the molecule is Cc1cc(F)cc(S(=O)(=O)NC(CN2CCOCC2)C(=O)O)c1. The van der Waals surface area contributed by atoms with Crippen molar-refractivity contribution in [3.8, 4) is 0 Å². The Bertz CT molecular complexity index is 653. The summed E-state index contributed by atoms with van der Waals surface area (Å²) in [5.41, 5.74) is 0.436. The Balaban J connectivity index is 2.15. The maximum Gasteiger partial charge on any atom is 0.323 e. The van der Waals surface area contributed by atoms with E-state index in [9.17, 15) is 22.7 Å². The predicted molar refractivity (Wildman–Crippen MR) is 80.1 cm³/mol. The topological polar surface area (TPSA) is 95.9 Å². The maximum atomic E-state index is 13.4. The maximum absolute atomic E-state index is 13.4. The molecule has 1 saturated heterocycles. The summed E-state index contributed by atoms with van der Waals surface area (Å²) in [6.07, 6.45) is 0. The molecular weight excluding hydrogens is 327 g/mol. The van der Waals surface area contributed by atoms with Gasteiger partial charge in [-0.15, -0.1) is 0 Å². The zero-order valence-corrected chi connectivity index (χ0v) is 13.5. The van der Waals surface area contributed by atoms with E-state index < -0.39 is 27.9 Å². The number of aryl methyl sites for hydroxylation is 1. The van der Waals surface area contributed by atoms with Crippen molar-refractivity contribution >= 4 is 16.0 Å². The molecule has 2 N–H and O–H groups in total. The van der Waals surface area contributed by atoms with Gasteiger partial charge in [-0.05, 0) is 30.7 Å². The second-order valence-corrected chi connectivity index (χ2v) is 7.10. The highest BCUT2D eigenvalue weighted by Gasteiger charge is 2.28. The van der Waals surface area contributed by atoms with E-state index in [1.165, 1.54) is 12.1 Å². The Labute approximate surface area is 134 Å². The largest absolute Gasteiger partial charge is 0.480 e. The first-order chi connectivity index (χ1) is 10.8. The van der Waals surface area contributed by atoms with Crippen molar-refractivity contribution in [2.45, 2.75) is 17.9 Å². The summed E-state index contributed by atoms with van der Waals surface area (Å²) in [6, 6.07) is 2.03. The number of nitrogens with one attached hydrogen (secondary N) is 1. The number of morpholine rings is 1. The number of ether oxygens (including phenoxy) is 1. The normalized spacial score (nSPS) is 17.8. The van der Waals surface area contributed by atoms with Crippen LogP contribution in [-0.4, -0.2) is 63.3 Å². The van der Waals surface area contributed by atoms with Crippen LogP contribution in [0, 0.1) is 12.7 Å². The van der Waals surface area contributed by atoms with Crippen LogP contribution < -0.4 is 4.72 Å². The van der Waals surface area contributed by atoms with E-state index in [-0.39, 0.29) is 11.4 Å². The van der Waals surface area contributed by atoms with Crippen molar-refractivity contribution in [1.29, 1.82) is 0 Å². The van der Waals surface area contributed by atoms with Gasteiger partial charge in [0, 0.05) is 19.6 Å². The number of carboxylic acid groups (broad SMARTS) is 1. The monoisotopic (exact) mass is 346 g/mol. The molecule has 0 aromatic heterocycles. The lowest BCUT2D eigenvalue weighted by atomic mass is 10.2. The molecule has 9 heteroatoms. The summed E-state index contributed by atoms with van der Waals surface area (Å²) in [6.45, 7) is 3.59.